The minimum absolute atomic E-state index is 0.0645. The van der Waals surface area contributed by atoms with Gasteiger partial charge in [0.25, 0.3) is 0 Å². The first kappa shape index (κ1) is 17.4. The Hall–Kier alpha value is -1.70. The van der Waals surface area contributed by atoms with Gasteiger partial charge in [-0.25, -0.2) is 13.2 Å². The second-order valence-electron chi connectivity index (χ2n) is 4.31. The fraction of sp³-hybridized carbons (Fsp3) is 0.357. The normalized spacial score (nSPS) is 12.1. The maximum Gasteiger partial charge on any atom is 0.328 e. The van der Waals surface area contributed by atoms with Crippen molar-refractivity contribution >= 4 is 22.1 Å². The Morgan fingerprint density at radius 1 is 1.29 bits per heavy atom. The highest BCUT2D eigenvalue weighted by Gasteiger charge is 2.22. The topological polar surface area (TPSA) is 94.9 Å². The van der Waals surface area contributed by atoms with Gasteiger partial charge in [0.05, 0.1) is 4.90 Å². The van der Waals surface area contributed by atoms with Gasteiger partial charge in [0.15, 0.2) is 0 Å². The van der Waals surface area contributed by atoms with Crippen molar-refractivity contribution in [3.63, 3.8) is 0 Å². The van der Waals surface area contributed by atoms with E-state index in [9.17, 15) is 13.2 Å². The van der Waals surface area contributed by atoms with Crippen molar-refractivity contribution in [3.05, 3.63) is 35.9 Å². The summed E-state index contributed by atoms with van der Waals surface area (Å²) in [7, 11) is -3.59. The van der Waals surface area contributed by atoms with Gasteiger partial charge in [0.1, 0.15) is 0 Å². The van der Waals surface area contributed by atoms with Crippen LogP contribution in [0.3, 0.4) is 0 Å². The van der Waals surface area contributed by atoms with Crippen molar-refractivity contribution in [1.82, 2.24) is 4.31 Å². The molecule has 0 aliphatic heterocycles. The predicted octanol–water partition coefficient (Wildman–Crippen LogP) is 1.18. The Morgan fingerprint density at radius 3 is 2.38 bits per heavy atom. The Labute approximate surface area is 124 Å². The zero-order valence-corrected chi connectivity index (χ0v) is 12.6. The van der Waals surface area contributed by atoms with Crippen molar-refractivity contribution in [2.45, 2.75) is 18.2 Å². The molecule has 0 atom stereocenters. The van der Waals surface area contributed by atoms with E-state index in [1.807, 2.05) is 0 Å². The van der Waals surface area contributed by atoms with Gasteiger partial charge >= 0.3 is 5.97 Å². The molecule has 1 aromatic carbocycles. The van der Waals surface area contributed by atoms with Crippen LogP contribution in [0.4, 0.5) is 0 Å². The van der Waals surface area contributed by atoms with Gasteiger partial charge < -0.3 is 10.2 Å². The number of nitrogens with zero attached hydrogens (tertiary/aromatic N) is 1. The molecule has 2 N–H and O–H groups in total. The molecule has 1 rings (SSSR count). The smallest absolute Gasteiger partial charge is 0.328 e. The number of benzene rings is 1. The third-order valence-corrected chi connectivity index (χ3v) is 4.84. The van der Waals surface area contributed by atoms with Gasteiger partial charge in [-0.3, -0.25) is 0 Å². The lowest BCUT2D eigenvalue weighted by molar-refractivity contribution is -0.131. The summed E-state index contributed by atoms with van der Waals surface area (Å²) >= 11 is 0. The van der Waals surface area contributed by atoms with Crippen molar-refractivity contribution in [2.24, 2.45) is 0 Å². The molecule has 0 bridgehead atoms. The Bertz CT molecular complexity index is 592. The molecule has 0 aliphatic rings. The molecular formula is C14H19NO5S. The summed E-state index contributed by atoms with van der Waals surface area (Å²) in [6.45, 7) is 2.25. The van der Waals surface area contributed by atoms with E-state index in [2.05, 4.69) is 0 Å². The minimum Gasteiger partial charge on any atom is -0.478 e. The molecule has 1 aromatic rings. The molecular weight excluding hydrogens is 294 g/mol. The van der Waals surface area contributed by atoms with Crippen LogP contribution in [0.5, 0.6) is 0 Å². The molecule has 21 heavy (non-hydrogen) atoms. The number of hydrogen-bond donors (Lipinski definition) is 2. The molecule has 0 fully saturated rings. The van der Waals surface area contributed by atoms with E-state index in [-0.39, 0.29) is 18.0 Å². The van der Waals surface area contributed by atoms with E-state index in [0.29, 0.717) is 18.5 Å². The van der Waals surface area contributed by atoms with Gasteiger partial charge in [0, 0.05) is 25.8 Å². The number of hydrogen-bond acceptors (Lipinski definition) is 4. The molecule has 0 heterocycles. The van der Waals surface area contributed by atoms with Crippen LogP contribution in [0, 0.1) is 0 Å². The first-order valence-corrected chi connectivity index (χ1v) is 7.98. The minimum atomic E-state index is -3.59. The number of aliphatic hydroxyl groups excluding tert-OH is 1. The second kappa shape index (κ2) is 7.92. The van der Waals surface area contributed by atoms with E-state index in [1.54, 1.807) is 19.1 Å². The fourth-order valence-electron chi connectivity index (χ4n) is 1.76. The van der Waals surface area contributed by atoms with E-state index in [4.69, 9.17) is 10.2 Å². The SMILES string of the molecule is CCN(CCCO)S(=O)(=O)c1ccc(/C=C/C(=O)O)cc1. The van der Waals surface area contributed by atoms with E-state index in [0.717, 1.165) is 6.08 Å². The number of aliphatic hydroxyl groups is 1. The van der Waals surface area contributed by atoms with Crippen LogP contribution < -0.4 is 0 Å². The van der Waals surface area contributed by atoms with Crippen LogP contribution in [0.15, 0.2) is 35.2 Å². The summed E-state index contributed by atoms with van der Waals surface area (Å²) in [6.07, 6.45) is 2.76. The molecule has 0 aliphatic carbocycles. The molecule has 6 nitrogen and oxygen atoms in total. The quantitative estimate of drug-likeness (QED) is 0.703. The van der Waals surface area contributed by atoms with Gasteiger partial charge in [0.2, 0.25) is 10.0 Å². The summed E-state index contributed by atoms with van der Waals surface area (Å²) < 4.78 is 26.1. The Balaban J connectivity index is 2.95. The molecule has 0 amide bonds. The number of aliphatic carboxylic acids is 1. The summed E-state index contributed by atoms with van der Waals surface area (Å²) in [4.78, 5) is 10.6. The van der Waals surface area contributed by atoms with Gasteiger partial charge in [-0.1, -0.05) is 19.1 Å². The lowest BCUT2D eigenvalue weighted by atomic mass is 10.2. The molecule has 0 saturated heterocycles. The molecule has 0 radical (unpaired) electrons. The third kappa shape index (κ3) is 4.96. The highest BCUT2D eigenvalue weighted by Crippen LogP contribution is 2.17. The van der Waals surface area contributed by atoms with Crippen LogP contribution >= 0.6 is 0 Å². The molecule has 0 spiro atoms. The van der Waals surface area contributed by atoms with Crippen LogP contribution in [0.1, 0.15) is 18.9 Å². The number of carbonyl (C=O) groups is 1. The zero-order valence-electron chi connectivity index (χ0n) is 11.8. The molecule has 116 valence electrons. The zero-order chi connectivity index (χ0) is 15.9. The third-order valence-electron chi connectivity index (χ3n) is 2.85. The number of carboxylic acid groups (broad SMARTS) is 1. The summed E-state index contributed by atoms with van der Waals surface area (Å²) in [5.41, 5.74) is 0.606. The predicted molar refractivity (Wildman–Crippen MR) is 79.2 cm³/mol. The lowest BCUT2D eigenvalue weighted by Gasteiger charge is -2.20. The van der Waals surface area contributed by atoms with E-state index >= 15 is 0 Å². The molecule has 0 aromatic heterocycles. The number of sulfonamides is 1. The average Bonchev–Trinajstić information content (AvgIpc) is 2.46. The number of carboxylic acids is 1. The molecule has 0 saturated carbocycles. The summed E-state index contributed by atoms with van der Waals surface area (Å²) in [6, 6.07) is 5.98. The summed E-state index contributed by atoms with van der Waals surface area (Å²) in [5, 5.41) is 17.3. The monoisotopic (exact) mass is 313 g/mol. The van der Waals surface area contributed by atoms with Crippen molar-refractivity contribution < 1.29 is 23.4 Å². The Morgan fingerprint density at radius 2 is 1.90 bits per heavy atom. The Kier molecular flexibility index (Phi) is 6.54. The maximum atomic E-state index is 12.4. The first-order valence-electron chi connectivity index (χ1n) is 6.54. The van der Waals surface area contributed by atoms with Crippen molar-refractivity contribution in [3.8, 4) is 0 Å². The largest absolute Gasteiger partial charge is 0.478 e. The van der Waals surface area contributed by atoms with Crippen molar-refractivity contribution in [1.29, 1.82) is 0 Å². The van der Waals surface area contributed by atoms with Crippen LogP contribution in [0.2, 0.25) is 0 Å². The van der Waals surface area contributed by atoms with Crippen LogP contribution in [-0.4, -0.2) is 48.6 Å². The number of rotatable bonds is 8. The average molecular weight is 313 g/mol. The molecule has 0 unspecified atom stereocenters. The second-order valence-corrected chi connectivity index (χ2v) is 6.25. The summed E-state index contributed by atoms with van der Waals surface area (Å²) in [5.74, 6) is -1.06. The maximum absolute atomic E-state index is 12.4. The van der Waals surface area contributed by atoms with Gasteiger partial charge in [-0.05, 0) is 30.2 Å². The fourth-order valence-corrected chi connectivity index (χ4v) is 3.25. The lowest BCUT2D eigenvalue weighted by Crippen LogP contribution is -2.32. The van der Waals surface area contributed by atoms with Crippen LogP contribution in [0.25, 0.3) is 6.08 Å². The standard InChI is InChI=1S/C14H19NO5S/c1-2-15(10-3-11-16)21(19,20)13-7-4-12(5-8-13)6-9-14(17)18/h4-9,16H,2-3,10-11H2,1H3,(H,17,18)/b9-6+. The van der Waals surface area contributed by atoms with Crippen LogP contribution in [-0.2, 0) is 14.8 Å². The van der Waals surface area contributed by atoms with Crippen molar-refractivity contribution in [2.75, 3.05) is 19.7 Å². The van der Waals surface area contributed by atoms with Gasteiger partial charge in [-0.15, -0.1) is 0 Å². The highest BCUT2D eigenvalue weighted by atomic mass is 32.2. The van der Waals surface area contributed by atoms with E-state index < -0.39 is 16.0 Å². The van der Waals surface area contributed by atoms with E-state index in [1.165, 1.54) is 22.5 Å². The molecule has 7 heteroatoms. The highest BCUT2D eigenvalue weighted by molar-refractivity contribution is 7.89. The first-order chi connectivity index (χ1) is 9.91. The van der Waals surface area contributed by atoms with Gasteiger partial charge in [-0.2, -0.15) is 4.31 Å².